The zero-order chi connectivity index (χ0) is 15.7. The van der Waals surface area contributed by atoms with Gasteiger partial charge in [0.25, 0.3) is 5.69 Å². The minimum absolute atomic E-state index is 0.00175. The van der Waals surface area contributed by atoms with Gasteiger partial charge in [-0.1, -0.05) is 11.0 Å². The quantitative estimate of drug-likeness (QED) is 0.137. The third kappa shape index (κ3) is 5.52. The number of terminal acetylenes is 1. The number of rotatable bonds is 8. The molecule has 0 heterocycles. The summed E-state index contributed by atoms with van der Waals surface area (Å²) in [6.45, 7) is -0.953. The van der Waals surface area contributed by atoms with Gasteiger partial charge in [0.1, 0.15) is 19.1 Å². The summed E-state index contributed by atoms with van der Waals surface area (Å²) < 4.78 is 26.6. The first-order chi connectivity index (χ1) is 10.0. The Morgan fingerprint density at radius 1 is 1.43 bits per heavy atom. The van der Waals surface area contributed by atoms with E-state index in [9.17, 15) is 14.7 Å². The van der Waals surface area contributed by atoms with Crippen LogP contribution in [0.1, 0.15) is 0 Å². The standard InChI is InChI=1S/C10H9N4O6P/c1-2-7-18-21(17,19-8-12-13-11)20-10-5-3-9(4-6-10)14(15)16/h1,3-6H,7-8H2. The topological polar surface area (TPSA) is 137 Å². The van der Waals surface area contributed by atoms with Crippen molar-refractivity contribution >= 4 is 13.5 Å². The second kappa shape index (κ2) is 7.89. The van der Waals surface area contributed by atoms with E-state index >= 15 is 0 Å². The molecular formula is C10H9N4O6P. The molecule has 1 aromatic rings. The molecule has 0 aliphatic rings. The highest BCUT2D eigenvalue weighted by Gasteiger charge is 2.28. The van der Waals surface area contributed by atoms with Crippen molar-refractivity contribution in [2.45, 2.75) is 0 Å². The van der Waals surface area contributed by atoms with E-state index in [0.29, 0.717) is 0 Å². The van der Waals surface area contributed by atoms with E-state index in [1.165, 1.54) is 12.1 Å². The van der Waals surface area contributed by atoms with Crippen molar-refractivity contribution in [1.82, 2.24) is 0 Å². The minimum Gasteiger partial charge on any atom is -0.404 e. The summed E-state index contributed by atoms with van der Waals surface area (Å²) in [5.41, 5.74) is 7.95. The second-order valence-electron chi connectivity index (χ2n) is 3.26. The number of benzene rings is 1. The maximum absolute atomic E-state index is 12.2. The zero-order valence-electron chi connectivity index (χ0n) is 10.5. The number of hydrogen-bond donors (Lipinski definition) is 0. The fourth-order valence-electron chi connectivity index (χ4n) is 1.09. The van der Waals surface area contributed by atoms with Crippen LogP contribution >= 0.6 is 7.82 Å². The fraction of sp³-hybridized carbons (Fsp3) is 0.200. The van der Waals surface area contributed by atoms with Crippen molar-refractivity contribution in [2.75, 3.05) is 13.3 Å². The van der Waals surface area contributed by atoms with Crippen molar-refractivity contribution in [2.24, 2.45) is 5.11 Å². The lowest BCUT2D eigenvalue weighted by Gasteiger charge is -2.16. The van der Waals surface area contributed by atoms with Crippen molar-refractivity contribution in [3.8, 4) is 18.1 Å². The predicted molar refractivity (Wildman–Crippen MR) is 71.2 cm³/mol. The molecule has 21 heavy (non-hydrogen) atoms. The van der Waals surface area contributed by atoms with Crippen molar-refractivity contribution in [1.29, 1.82) is 0 Å². The van der Waals surface area contributed by atoms with Crippen LogP contribution in [0, 0.1) is 22.5 Å². The molecule has 110 valence electrons. The van der Waals surface area contributed by atoms with Gasteiger partial charge in [0, 0.05) is 17.0 Å². The maximum Gasteiger partial charge on any atom is 0.531 e. The van der Waals surface area contributed by atoms with Crippen LogP contribution in [0.2, 0.25) is 0 Å². The summed E-state index contributed by atoms with van der Waals surface area (Å²) in [6.07, 6.45) is 4.97. The highest BCUT2D eigenvalue weighted by atomic mass is 31.2. The molecule has 1 unspecified atom stereocenters. The summed E-state index contributed by atoms with van der Waals surface area (Å²) >= 11 is 0. The van der Waals surface area contributed by atoms with E-state index in [4.69, 9.17) is 25.5 Å². The van der Waals surface area contributed by atoms with Crippen LogP contribution < -0.4 is 4.52 Å². The first-order valence-electron chi connectivity index (χ1n) is 5.28. The number of nitro benzene ring substituents is 1. The average molecular weight is 312 g/mol. The Bertz CT molecular complexity index is 634. The Kier molecular flexibility index (Phi) is 6.20. The largest absolute Gasteiger partial charge is 0.531 e. The first-order valence-corrected chi connectivity index (χ1v) is 6.74. The Morgan fingerprint density at radius 3 is 2.62 bits per heavy atom. The number of nitro groups is 1. The molecule has 1 atom stereocenters. The molecular weight excluding hydrogens is 303 g/mol. The molecule has 0 fully saturated rings. The van der Waals surface area contributed by atoms with E-state index in [2.05, 4.69) is 15.9 Å². The lowest BCUT2D eigenvalue weighted by molar-refractivity contribution is -0.384. The van der Waals surface area contributed by atoms with Gasteiger partial charge < -0.3 is 4.52 Å². The maximum atomic E-state index is 12.2. The SMILES string of the molecule is C#CCOP(=O)(OCN=[N+]=[N-])Oc1ccc([N+](=O)[O-])cc1. The van der Waals surface area contributed by atoms with Crippen LogP contribution in [0.5, 0.6) is 5.75 Å². The first kappa shape index (κ1) is 16.5. The lowest BCUT2D eigenvalue weighted by Crippen LogP contribution is -2.03. The van der Waals surface area contributed by atoms with Crippen LogP contribution in [-0.2, 0) is 13.6 Å². The summed E-state index contributed by atoms with van der Waals surface area (Å²) in [7, 11) is -4.10. The Labute approximate surface area is 119 Å². The highest BCUT2D eigenvalue weighted by Crippen LogP contribution is 2.49. The smallest absolute Gasteiger partial charge is 0.404 e. The molecule has 0 saturated heterocycles. The minimum atomic E-state index is -4.10. The summed E-state index contributed by atoms with van der Waals surface area (Å²) in [6, 6.07) is 4.71. The van der Waals surface area contributed by atoms with E-state index in [-0.39, 0.29) is 18.0 Å². The Hall–Kier alpha value is -2.56. The molecule has 0 N–H and O–H groups in total. The van der Waals surface area contributed by atoms with Crippen molar-refractivity contribution in [3.05, 3.63) is 44.8 Å². The number of hydrogen-bond acceptors (Lipinski definition) is 7. The molecule has 0 bridgehead atoms. The highest BCUT2D eigenvalue weighted by molar-refractivity contribution is 7.48. The average Bonchev–Trinajstić information content (AvgIpc) is 2.46. The van der Waals surface area contributed by atoms with E-state index in [0.717, 1.165) is 12.1 Å². The third-order valence-corrected chi connectivity index (χ3v) is 3.22. The number of phosphoric acid groups is 1. The van der Waals surface area contributed by atoms with Gasteiger partial charge in [-0.2, -0.15) is 0 Å². The molecule has 1 aromatic carbocycles. The van der Waals surface area contributed by atoms with E-state index in [1.807, 2.05) is 0 Å². The lowest BCUT2D eigenvalue weighted by atomic mass is 10.3. The molecule has 0 saturated carbocycles. The summed E-state index contributed by atoms with van der Waals surface area (Å²) in [5, 5.41) is 13.5. The van der Waals surface area contributed by atoms with Crippen LogP contribution in [0.3, 0.4) is 0 Å². The van der Waals surface area contributed by atoms with Gasteiger partial charge >= 0.3 is 7.82 Å². The zero-order valence-corrected chi connectivity index (χ0v) is 11.4. The van der Waals surface area contributed by atoms with Gasteiger partial charge in [-0.05, 0) is 17.7 Å². The summed E-state index contributed by atoms with van der Waals surface area (Å²) in [5.74, 6) is 2.08. The van der Waals surface area contributed by atoms with Crippen LogP contribution in [0.25, 0.3) is 10.4 Å². The molecule has 10 nitrogen and oxygen atoms in total. The predicted octanol–water partition coefficient (Wildman–Crippen LogP) is 3.02. The molecule has 0 spiro atoms. The molecule has 0 aliphatic carbocycles. The monoisotopic (exact) mass is 312 g/mol. The number of phosphoric ester groups is 1. The van der Waals surface area contributed by atoms with E-state index in [1.54, 1.807) is 0 Å². The number of nitrogens with zero attached hydrogens (tertiary/aromatic N) is 4. The molecule has 11 heteroatoms. The molecule has 0 radical (unpaired) electrons. The molecule has 1 rings (SSSR count). The van der Waals surface area contributed by atoms with Gasteiger partial charge in [0.15, 0.2) is 0 Å². The number of non-ortho nitro benzene ring substituents is 1. The number of azide groups is 1. The van der Waals surface area contributed by atoms with Gasteiger partial charge in [0.05, 0.1) is 4.92 Å². The fourth-order valence-corrected chi connectivity index (χ4v) is 2.07. The van der Waals surface area contributed by atoms with Crippen molar-refractivity contribution < 1.29 is 23.1 Å². The molecule has 0 aromatic heterocycles. The molecule has 0 aliphatic heterocycles. The molecule has 0 amide bonds. The van der Waals surface area contributed by atoms with Gasteiger partial charge in [-0.3, -0.25) is 19.2 Å². The van der Waals surface area contributed by atoms with Crippen LogP contribution in [0.15, 0.2) is 29.4 Å². The Balaban J connectivity index is 2.84. The van der Waals surface area contributed by atoms with Crippen LogP contribution in [0.4, 0.5) is 5.69 Å². The Morgan fingerprint density at radius 2 is 2.10 bits per heavy atom. The van der Waals surface area contributed by atoms with Crippen molar-refractivity contribution in [3.63, 3.8) is 0 Å². The van der Waals surface area contributed by atoms with Crippen LogP contribution in [-0.4, -0.2) is 18.3 Å². The second-order valence-corrected chi connectivity index (χ2v) is 4.85. The third-order valence-electron chi connectivity index (χ3n) is 1.91. The normalized spacial score (nSPS) is 12.5. The van der Waals surface area contributed by atoms with E-state index < -0.39 is 19.5 Å². The van der Waals surface area contributed by atoms with Gasteiger partial charge in [0.2, 0.25) is 0 Å². The summed E-state index contributed by atoms with van der Waals surface area (Å²) in [4.78, 5) is 12.3. The van der Waals surface area contributed by atoms with Gasteiger partial charge in [-0.15, -0.1) is 6.42 Å². The van der Waals surface area contributed by atoms with Gasteiger partial charge in [-0.25, -0.2) is 4.57 Å².